The van der Waals surface area contributed by atoms with Crippen molar-refractivity contribution >= 4 is 23.5 Å². The molecule has 0 aliphatic carbocycles. The van der Waals surface area contributed by atoms with Crippen LogP contribution in [0.1, 0.15) is 44.2 Å². The Morgan fingerprint density at radius 1 is 1.13 bits per heavy atom. The van der Waals surface area contributed by atoms with Gasteiger partial charge in [0.15, 0.2) is 0 Å². The quantitative estimate of drug-likeness (QED) is 0.646. The van der Waals surface area contributed by atoms with Crippen LogP contribution in [0.3, 0.4) is 0 Å². The van der Waals surface area contributed by atoms with Crippen LogP contribution in [0, 0.1) is 5.82 Å². The van der Waals surface area contributed by atoms with E-state index in [4.69, 9.17) is 0 Å². The highest BCUT2D eigenvalue weighted by Gasteiger charge is 2.52. The number of nitrogens with one attached hydrogen (secondary N) is 2. The standard InChI is InChI=1S/C23H26FN3O3/c1-3-5-13-23(17-9-11-18(24)12-10-17)21(29)27(22(30)26-23)15-20(28)25-19-8-6-7-16(4-2)14-19/h6-12,14H,3-5,13,15H2,1-2H3,(H,25,28)(H,26,30)/t23-/m0/s1. The molecule has 2 N–H and O–H groups in total. The van der Waals surface area contributed by atoms with Gasteiger partial charge in [0.2, 0.25) is 5.91 Å². The minimum absolute atomic E-state index is 0.371. The minimum atomic E-state index is -1.29. The number of unbranched alkanes of at least 4 members (excludes halogenated alkanes) is 1. The highest BCUT2D eigenvalue weighted by Crippen LogP contribution is 2.34. The number of benzene rings is 2. The van der Waals surface area contributed by atoms with Gasteiger partial charge in [0, 0.05) is 5.69 Å². The van der Waals surface area contributed by atoms with Crippen molar-refractivity contribution in [2.45, 2.75) is 45.1 Å². The molecule has 1 atom stereocenters. The SMILES string of the molecule is CCCC[C@@]1(c2ccc(F)cc2)NC(=O)N(CC(=O)Nc2cccc(CC)c2)C1=O. The average Bonchev–Trinajstić information content (AvgIpc) is 2.98. The van der Waals surface area contributed by atoms with Gasteiger partial charge >= 0.3 is 6.03 Å². The molecule has 1 aliphatic heterocycles. The van der Waals surface area contributed by atoms with Crippen LogP contribution in [0.5, 0.6) is 0 Å². The van der Waals surface area contributed by atoms with E-state index in [1.807, 2.05) is 32.0 Å². The Kier molecular flexibility index (Phi) is 6.50. The number of rotatable bonds is 8. The van der Waals surface area contributed by atoms with Crippen molar-refractivity contribution in [3.05, 3.63) is 65.5 Å². The number of hydrogen-bond acceptors (Lipinski definition) is 3. The summed E-state index contributed by atoms with van der Waals surface area (Å²) in [6, 6.07) is 12.3. The lowest BCUT2D eigenvalue weighted by Crippen LogP contribution is -2.44. The Bertz CT molecular complexity index is 945. The first-order valence-corrected chi connectivity index (χ1v) is 10.2. The van der Waals surface area contributed by atoms with Crippen LogP contribution < -0.4 is 10.6 Å². The fourth-order valence-corrected chi connectivity index (χ4v) is 3.67. The summed E-state index contributed by atoms with van der Waals surface area (Å²) in [5.41, 5.74) is 0.901. The number of carbonyl (C=O) groups excluding carboxylic acids is 3. The summed E-state index contributed by atoms with van der Waals surface area (Å²) in [5.74, 6) is -1.38. The summed E-state index contributed by atoms with van der Waals surface area (Å²) >= 11 is 0. The van der Waals surface area contributed by atoms with E-state index < -0.39 is 35.7 Å². The normalized spacial score (nSPS) is 18.4. The van der Waals surface area contributed by atoms with Crippen molar-refractivity contribution < 1.29 is 18.8 Å². The van der Waals surface area contributed by atoms with E-state index in [1.165, 1.54) is 24.3 Å². The van der Waals surface area contributed by atoms with Crippen molar-refractivity contribution in [1.82, 2.24) is 10.2 Å². The lowest BCUT2D eigenvalue weighted by molar-refractivity contribution is -0.134. The summed E-state index contributed by atoms with van der Waals surface area (Å²) in [6.07, 6.45) is 2.71. The van der Waals surface area contributed by atoms with Crippen molar-refractivity contribution in [3.63, 3.8) is 0 Å². The Morgan fingerprint density at radius 3 is 2.53 bits per heavy atom. The summed E-state index contributed by atoms with van der Waals surface area (Å²) in [5, 5.41) is 5.50. The third-order valence-electron chi connectivity index (χ3n) is 5.34. The van der Waals surface area contributed by atoms with E-state index >= 15 is 0 Å². The van der Waals surface area contributed by atoms with Crippen molar-refractivity contribution in [2.24, 2.45) is 0 Å². The summed E-state index contributed by atoms with van der Waals surface area (Å²) in [6.45, 7) is 3.60. The maximum absolute atomic E-state index is 13.4. The Balaban J connectivity index is 1.80. The molecule has 0 spiro atoms. The molecule has 1 heterocycles. The zero-order valence-corrected chi connectivity index (χ0v) is 17.2. The zero-order valence-electron chi connectivity index (χ0n) is 17.2. The summed E-state index contributed by atoms with van der Waals surface area (Å²) in [7, 11) is 0. The molecule has 0 radical (unpaired) electrons. The molecule has 1 saturated heterocycles. The molecule has 0 aromatic heterocycles. The van der Waals surface area contributed by atoms with Gasteiger partial charge in [0.05, 0.1) is 0 Å². The molecule has 2 aromatic carbocycles. The third-order valence-corrected chi connectivity index (χ3v) is 5.34. The van der Waals surface area contributed by atoms with Crippen LogP contribution in [0.15, 0.2) is 48.5 Å². The monoisotopic (exact) mass is 411 g/mol. The van der Waals surface area contributed by atoms with Gasteiger partial charge in [0.25, 0.3) is 5.91 Å². The number of carbonyl (C=O) groups is 3. The first-order chi connectivity index (χ1) is 14.4. The van der Waals surface area contributed by atoms with E-state index in [-0.39, 0.29) is 0 Å². The summed E-state index contributed by atoms with van der Waals surface area (Å²) < 4.78 is 13.4. The molecule has 4 amide bonds. The molecule has 2 aromatic rings. The largest absolute Gasteiger partial charge is 0.325 e. The maximum Gasteiger partial charge on any atom is 0.325 e. The van der Waals surface area contributed by atoms with Gasteiger partial charge < -0.3 is 10.6 Å². The Hall–Kier alpha value is -3.22. The van der Waals surface area contributed by atoms with Crippen molar-refractivity contribution in [3.8, 4) is 0 Å². The molecule has 0 unspecified atom stereocenters. The van der Waals surface area contributed by atoms with Gasteiger partial charge in [-0.15, -0.1) is 0 Å². The number of anilines is 1. The number of halogens is 1. The van der Waals surface area contributed by atoms with E-state index in [0.29, 0.717) is 24.1 Å². The highest BCUT2D eigenvalue weighted by atomic mass is 19.1. The molecule has 7 heteroatoms. The van der Waals surface area contributed by atoms with Crippen molar-refractivity contribution in [1.29, 1.82) is 0 Å². The highest BCUT2D eigenvalue weighted by molar-refractivity contribution is 6.10. The van der Waals surface area contributed by atoms with Gasteiger partial charge in [0.1, 0.15) is 17.9 Å². The van der Waals surface area contributed by atoms with Gasteiger partial charge in [-0.3, -0.25) is 14.5 Å². The molecule has 1 fully saturated rings. The first kappa shape index (κ1) is 21.5. The zero-order chi connectivity index (χ0) is 21.7. The van der Waals surface area contributed by atoms with Crippen molar-refractivity contribution in [2.75, 3.05) is 11.9 Å². The van der Waals surface area contributed by atoms with E-state index in [0.717, 1.165) is 23.3 Å². The van der Waals surface area contributed by atoms with Gasteiger partial charge in [-0.2, -0.15) is 0 Å². The Morgan fingerprint density at radius 2 is 1.87 bits per heavy atom. The fourth-order valence-electron chi connectivity index (χ4n) is 3.67. The predicted molar refractivity (Wildman–Crippen MR) is 112 cm³/mol. The molecule has 0 saturated carbocycles. The molecule has 1 aliphatic rings. The van der Waals surface area contributed by atoms with E-state index in [2.05, 4.69) is 10.6 Å². The van der Waals surface area contributed by atoms with E-state index in [1.54, 1.807) is 6.07 Å². The van der Waals surface area contributed by atoms with E-state index in [9.17, 15) is 18.8 Å². The topological polar surface area (TPSA) is 78.5 Å². The Labute approximate surface area is 175 Å². The lowest BCUT2D eigenvalue weighted by Gasteiger charge is -2.27. The fraction of sp³-hybridized carbons (Fsp3) is 0.348. The third kappa shape index (κ3) is 4.35. The second-order valence-corrected chi connectivity index (χ2v) is 7.44. The smallest absolute Gasteiger partial charge is 0.325 e. The molecule has 3 rings (SSSR count). The number of amides is 4. The van der Waals surface area contributed by atoms with Gasteiger partial charge in [-0.1, -0.05) is 51.0 Å². The number of urea groups is 1. The average molecular weight is 411 g/mol. The predicted octanol–water partition coefficient (Wildman–Crippen LogP) is 3.96. The number of nitrogens with zero attached hydrogens (tertiary/aromatic N) is 1. The van der Waals surface area contributed by atoms with Crippen LogP contribution in [-0.4, -0.2) is 29.3 Å². The second kappa shape index (κ2) is 9.07. The molecular formula is C23H26FN3O3. The molecule has 158 valence electrons. The maximum atomic E-state index is 13.4. The minimum Gasteiger partial charge on any atom is -0.325 e. The van der Waals surface area contributed by atoms with Crippen LogP contribution in [0.25, 0.3) is 0 Å². The molecule has 30 heavy (non-hydrogen) atoms. The van der Waals surface area contributed by atoms with Crippen LogP contribution in [0.4, 0.5) is 14.9 Å². The number of aryl methyl sites for hydroxylation is 1. The van der Waals surface area contributed by atoms with Crippen LogP contribution >= 0.6 is 0 Å². The molecule has 0 bridgehead atoms. The van der Waals surface area contributed by atoms with Crippen LogP contribution in [-0.2, 0) is 21.5 Å². The molecular weight excluding hydrogens is 385 g/mol. The number of hydrogen-bond donors (Lipinski definition) is 2. The summed E-state index contributed by atoms with van der Waals surface area (Å²) in [4.78, 5) is 39.4. The second-order valence-electron chi connectivity index (χ2n) is 7.44. The van der Waals surface area contributed by atoms with Crippen LogP contribution in [0.2, 0.25) is 0 Å². The van der Waals surface area contributed by atoms with Gasteiger partial charge in [-0.25, -0.2) is 9.18 Å². The lowest BCUT2D eigenvalue weighted by atomic mass is 9.85. The molecule has 6 nitrogen and oxygen atoms in total. The first-order valence-electron chi connectivity index (χ1n) is 10.2. The van der Waals surface area contributed by atoms with Gasteiger partial charge in [-0.05, 0) is 48.2 Å². The number of imide groups is 1.